The summed E-state index contributed by atoms with van der Waals surface area (Å²) in [6, 6.07) is 0.353. The molecular weight excluding hydrogens is 627 g/mol. The van der Waals surface area contributed by atoms with Crippen LogP contribution in [0, 0.1) is 46.3 Å². The zero-order chi connectivity index (χ0) is 36.7. The number of ether oxygens (including phenoxy) is 3. The number of rotatable bonds is 26. The number of likely N-dealkylation sites (N-methyl/N-ethyl adjacent to an activating group) is 1. The van der Waals surface area contributed by atoms with Crippen molar-refractivity contribution in [2.75, 3.05) is 47.1 Å². The molecule has 0 aromatic rings. The van der Waals surface area contributed by atoms with E-state index in [2.05, 4.69) is 66.6 Å². The molecule has 298 valence electrons. The van der Waals surface area contributed by atoms with E-state index in [-0.39, 0.29) is 0 Å². The van der Waals surface area contributed by atoms with Crippen molar-refractivity contribution in [3.8, 4) is 0 Å². The van der Waals surface area contributed by atoms with Gasteiger partial charge in [-0.25, -0.2) is 0 Å². The van der Waals surface area contributed by atoms with Crippen molar-refractivity contribution in [1.29, 1.82) is 0 Å². The standard InChI is InChI=1S/C47H87NO3/c1-9-10-11-14-17-31-49-35-40(48(7)8)36-50-32-18-15-12-13-16-19-33-51-41-27-29-46(5)39(34-41)23-24-42-44-26-25-43(38(4)22-20-21-37(2)3)47(44,6)30-28-45(42)46/h23,37-38,40-45H,9-22,24-36H2,1-8H3/t38-,40-,41?,42+,43-,44+,45+,46+,47-/m1/s1. The highest BCUT2D eigenvalue weighted by Crippen LogP contribution is 2.67. The van der Waals surface area contributed by atoms with Gasteiger partial charge in [0, 0.05) is 19.8 Å². The third-order valence-corrected chi connectivity index (χ3v) is 15.0. The lowest BCUT2D eigenvalue weighted by Gasteiger charge is -2.58. The number of hydrogen-bond acceptors (Lipinski definition) is 4. The molecule has 0 spiro atoms. The van der Waals surface area contributed by atoms with E-state index in [1.54, 1.807) is 5.57 Å². The highest BCUT2D eigenvalue weighted by Gasteiger charge is 2.59. The van der Waals surface area contributed by atoms with Crippen LogP contribution in [0.15, 0.2) is 11.6 Å². The zero-order valence-corrected chi connectivity index (χ0v) is 35.5. The minimum absolute atomic E-state index is 0.353. The SMILES string of the molecule is CCCCCCCOC[C@H](COCCCCCCCCOC1CC[C@@]2(C)C(=CC[C@H]3[C@@H]4CC[C@H]([C@H](C)CCCC(C)C)[C@@]4(C)CC[C@@H]32)C1)N(C)C. The monoisotopic (exact) mass is 714 g/mol. The van der Waals surface area contributed by atoms with Crippen molar-refractivity contribution < 1.29 is 14.2 Å². The maximum absolute atomic E-state index is 6.57. The first-order chi connectivity index (χ1) is 24.6. The Labute approximate surface area is 318 Å². The zero-order valence-electron chi connectivity index (χ0n) is 35.5. The summed E-state index contributed by atoms with van der Waals surface area (Å²) >= 11 is 0. The highest BCUT2D eigenvalue weighted by atomic mass is 16.5. The van der Waals surface area contributed by atoms with Crippen LogP contribution in [-0.2, 0) is 14.2 Å². The molecule has 0 N–H and O–H groups in total. The smallest absolute Gasteiger partial charge is 0.0644 e. The summed E-state index contributed by atoms with van der Waals surface area (Å²) in [4.78, 5) is 2.25. The fraction of sp³-hybridized carbons (Fsp3) is 0.957. The molecule has 4 heteroatoms. The van der Waals surface area contributed by atoms with Crippen LogP contribution >= 0.6 is 0 Å². The summed E-state index contributed by atoms with van der Waals surface area (Å²) in [7, 11) is 4.28. The molecule has 3 fully saturated rings. The quantitative estimate of drug-likeness (QED) is 0.0659. The molecule has 0 bridgehead atoms. The van der Waals surface area contributed by atoms with E-state index in [1.807, 2.05) is 0 Å². The van der Waals surface area contributed by atoms with Gasteiger partial charge in [-0.15, -0.1) is 0 Å². The van der Waals surface area contributed by atoms with Gasteiger partial charge in [-0.1, -0.05) is 124 Å². The van der Waals surface area contributed by atoms with Gasteiger partial charge in [0.1, 0.15) is 0 Å². The first kappa shape index (κ1) is 43.3. The minimum Gasteiger partial charge on any atom is -0.380 e. The Balaban J connectivity index is 1.06. The van der Waals surface area contributed by atoms with Crippen LogP contribution in [0.1, 0.15) is 183 Å². The van der Waals surface area contributed by atoms with Crippen LogP contribution in [0.4, 0.5) is 0 Å². The maximum Gasteiger partial charge on any atom is 0.0644 e. The molecule has 4 rings (SSSR count). The van der Waals surface area contributed by atoms with Gasteiger partial charge in [0.2, 0.25) is 0 Å². The first-order valence-electron chi connectivity index (χ1n) is 22.7. The summed E-state index contributed by atoms with van der Waals surface area (Å²) in [5.41, 5.74) is 2.81. The third-order valence-electron chi connectivity index (χ3n) is 15.0. The van der Waals surface area contributed by atoms with Gasteiger partial charge in [0.05, 0.1) is 25.4 Å². The second-order valence-electron chi connectivity index (χ2n) is 19.3. The van der Waals surface area contributed by atoms with E-state index in [0.717, 1.165) is 68.5 Å². The second kappa shape index (κ2) is 22.2. The van der Waals surface area contributed by atoms with Crippen molar-refractivity contribution in [3.63, 3.8) is 0 Å². The molecule has 0 amide bonds. The lowest BCUT2D eigenvalue weighted by molar-refractivity contribution is -0.0641. The van der Waals surface area contributed by atoms with Gasteiger partial charge in [-0.3, -0.25) is 0 Å². The Morgan fingerprint density at radius 3 is 2.02 bits per heavy atom. The molecule has 1 unspecified atom stereocenters. The second-order valence-corrected chi connectivity index (χ2v) is 19.3. The molecule has 0 radical (unpaired) electrons. The molecule has 4 aliphatic rings. The van der Waals surface area contributed by atoms with Crippen LogP contribution in [0.5, 0.6) is 0 Å². The van der Waals surface area contributed by atoms with Gasteiger partial charge in [0.15, 0.2) is 0 Å². The number of hydrogen-bond donors (Lipinski definition) is 0. The van der Waals surface area contributed by atoms with Crippen molar-refractivity contribution >= 4 is 0 Å². The fourth-order valence-corrected chi connectivity index (χ4v) is 11.7. The molecule has 3 saturated carbocycles. The number of fused-ring (bicyclic) bond motifs is 5. The lowest BCUT2D eigenvalue weighted by atomic mass is 9.47. The molecule has 0 aromatic carbocycles. The molecule has 0 aromatic heterocycles. The molecule has 0 saturated heterocycles. The molecule has 51 heavy (non-hydrogen) atoms. The van der Waals surface area contributed by atoms with Crippen LogP contribution < -0.4 is 0 Å². The van der Waals surface area contributed by atoms with E-state index < -0.39 is 0 Å². The van der Waals surface area contributed by atoms with Crippen molar-refractivity contribution in [1.82, 2.24) is 4.90 Å². The molecule has 0 aliphatic heterocycles. The van der Waals surface area contributed by atoms with Crippen molar-refractivity contribution in [2.45, 2.75) is 195 Å². The van der Waals surface area contributed by atoms with Gasteiger partial charge >= 0.3 is 0 Å². The summed E-state index contributed by atoms with van der Waals surface area (Å²) < 4.78 is 18.6. The molecule has 4 aliphatic carbocycles. The van der Waals surface area contributed by atoms with Crippen LogP contribution in [0.2, 0.25) is 0 Å². The maximum atomic E-state index is 6.57. The van der Waals surface area contributed by atoms with Crippen LogP contribution in [-0.4, -0.2) is 64.2 Å². The predicted octanol–water partition coefficient (Wildman–Crippen LogP) is 12.7. The van der Waals surface area contributed by atoms with Gasteiger partial charge in [0.25, 0.3) is 0 Å². The van der Waals surface area contributed by atoms with Crippen LogP contribution in [0.3, 0.4) is 0 Å². The normalized spacial score (nSPS) is 31.7. The number of nitrogens with zero attached hydrogens (tertiary/aromatic N) is 1. The average molecular weight is 714 g/mol. The van der Waals surface area contributed by atoms with E-state index in [9.17, 15) is 0 Å². The lowest BCUT2D eigenvalue weighted by Crippen LogP contribution is -2.51. The topological polar surface area (TPSA) is 30.9 Å². The minimum atomic E-state index is 0.353. The summed E-state index contributed by atoms with van der Waals surface area (Å²) in [5.74, 6) is 5.51. The van der Waals surface area contributed by atoms with E-state index in [0.29, 0.717) is 23.0 Å². The van der Waals surface area contributed by atoms with Crippen molar-refractivity contribution in [2.24, 2.45) is 46.3 Å². The largest absolute Gasteiger partial charge is 0.380 e. The van der Waals surface area contributed by atoms with Gasteiger partial charge in [-0.2, -0.15) is 0 Å². The summed E-state index contributed by atoms with van der Waals surface area (Å²) in [5, 5.41) is 0. The Kier molecular flexibility index (Phi) is 18.9. The summed E-state index contributed by atoms with van der Waals surface area (Å²) in [6.45, 7) is 19.3. The van der Waals surface area contributed by atoms with E-state index >= 15 is 0 Å². The Bertz CT molecular complexity index is 979. The fourth-order valence-electron chi connectivity index (χ4n) is 11.7. The number of allylic oxidation sites excluding steroid dienone is 1. The highest BCUT2D eigenvalue weighted by molar-refractivity contribution is 5.25. The first-order valence-corrected chi connectivity index (χ1v) is 22.7. The average Bonchev–Trinajstić information content (AvgIpc) is 3.46. The van der Waals surface area contributed by atoms with Gasteiger partial charge in [-0.05, 0) is 131 Å². The predicted molar refractivity (Wildman–Crippen MR) is 218 cm³/mol. The van der Waals surface area contributed by atoms with Crippen molar-refractivity contribution in [3.05, 3.63) is 11.6 Å². The molecule has 4 nitrogen and oxygen atoms in total. The Hall–Kier alpha value is -0.420. The Morgan fingerprint density at radius 1 is 0.725 bits per heavy atom. The number of unbranched alkanes of at least 4 members (excludes halogenated alkanes) is 9. The van der Waals surface area contributed by atoms with Crippen LogP contribution in [0.25, 0.3) is 0 Å². The molecule has 0 heterocycles. The van der Waals surface area contributed by atoms with E-state index in [1.165, 1.54) is 141 Å². The summed E-state index contributed by atoms with van der Waals surface area (Å²) in [6.07, 6.45) is 32.7. The molecule has 9 atom stereocenters. The molecular formula is C47H87NO3. The Morgan fingerprint density at radius 2 is 1.37 bits per heavy atom. The van der Waals surface area contributed by atoms with E-state index in [4.69, 9.17) is 14.2 Å². The third kappa shape index (κ3) is 12.5. The van der Waals surface area contributed by atoms with Gasteiger partial charge < -0.3 is 19.1 Å².